The number of carbonyl (C=O) groups excluding carboxylic acids is 2. The number of furan rings is 1. The Morgan fingerprint density at radius 2 is 1.70 bits per heavy atom. The first-order valence-corrected chi connectivity index (χ1v) is 5.86. The van der Waals surface area contributed by atoms with Crippen LogP contribution in [0.25, 0.3) is 0 Å². The molecule has 0 saturated carbocycles. The summed E-state index contributed by atoms with van der Waals surface area (Å²) < 4.78 is 5.09. The molecule has 0 bridgehead atoms. The van der Waals surface area contributed by atoms with Crippen LogP contribution in [0.1, 0.15) is 50.6 Å². The number of phenols is 2. The van der Waals surface area contributed by atoms with Crippen LogP contribution in [0.5, 0.6) is 11.5 Å². The molecule has 1 aliphatic rings. The van der Waals surface area contributed by atoms with Crippen molar-refractivity contribution in [1.29, 1.82) is 0 Å². The molecule has 0 radical (unpaired) electrons. The molecule has 20 heavy (non-hydrogen) atoms. The SMILES string of the molecule is C[C@H](O)c1occ2c1C(=O)c1cc(O)cc(O)c1C2=O. The van der Waals surface area contributed by atoms with E-state index in [1.807, 2.05) is 0 Å². The number of hydrogen-bond acceptors (Lipinski definition) is 6. The monoisotopic (exact) mass is 274 g/mol. The number of hydrogen-bond donors (Lipinski definition) is 3. The largest absolute Gasteiger partial charge is 0.508 e. The molecular weight excluding hydrogens is 264 g/mol. The highest BCUT2D eigenvalue weighted by Crippen LogP contribution is 2.38. The standard InChI is InChI=1S/C14H10O6/c1-5(15)14-11-8(4-20-14)13(19)10-7(12(11)18)2-6(16)3-9(10)17/h2-5,15-17H,1H3/t5-/m0/s1. The summed E-state index contributed by atoms with van der Waals surface area (Å²) in [5.74, 6) is -1.96. The van der Waals surface area contributed by atoms with Gasteiger partial charge in [0, 0.05) is 11.6 Å². The number of carbonyl (C=O) groups is 2. The number of rotatable bonds is 1. The quantitative estimate of drug-likeness (QED) is 0.621. The predicted octanol–water partition coefficient (Wildman–Crippen LogP) is 1.52. The Morgan fingerprint density at radius 1 is 1.05 bits per heavy atom. The van der Waals surface area contributed by atoms with E-state index in [1.54, 1.807) is 0 Å². The summed E-state index contributed by atoms with van der Waals surface area (Å²) >= 11 is 0. The summed E-state index contributed by atoms with van der Waals surface area (Å²) in [6.07, 6.45) is 0.0373. The third-order valence-corrected chi connectivity index (χ3v) is 3.24. The van der Waals surface area contributed by atoms with Gasteiger partial charge in [0.1, 0.15) is 29.6 Å². The van der Waals surface area contributed by atoms with Crippen molar-refractivity contribution in [2.75, 3.05) is 0 Å². The Morgan fingerprint density at radius 3 is 2.35 bits per heavy atom. The minimum Gasteiger partial charge on any atom is -0.508 e. The second-order valence-corrected chi connectivity index (χ2v) is 4.61. The Hall–Kier alpha value is -2.60. The molecule has 1 heterocycles. The first kappa shape index (κ1) is 12.4. The summed E-state index contributed by atoms with van der Waals surface area (Å²) in [6.45, 7) is 1.41. The third kappa shape index (κ3) is 1.48. The van der Waals surface area contributed by atoms with Crippen LogP contribution < -0.4 is 0 Å². The summed E-state index contributed by atoms with van der Waals surface area (Å²) in [6, 6.07) is 2.10. The smallest absolute Gasteiger partial charge is 0.201 e. The first-order valence-electron chi connectivity index (χ1n) is 5.86. The van der Waals surface area contributed by atoms with Crippen LogP contribution in [0, 0.1) is 0 Å². The number of benzene rings is 1. The van der Waals surface area contributed by atoms with Gasteiger partial charge in [-0.1, -0.05) is 0 Å². The van der Waals surface area contributed by atoms with Crippen LogP contribution in [0.15, 0.2) is 22.8 Å². The highest BCUT2D eigenvalue weighted by atomic mass is 16.4. The van der Waals surface area contributed by atoms with Crippen LogP contribution in [-0.2, 0) is 0 Å². The van der Waals surface area contributed by atoms with Gasteiger partial charge < -0.3 is 19.7 Å². The molecule has 2 aromatic rings. The van der Waals surface area contributed by atoms with Gasteiger partial charge in [0.25, 0.3) is 0 Å². The van der Waals surface area contributed by atoms with E-state index < -0.39 is 23.4 Å². The molecule has 102 valence electrons. The first-order chi connectivity index (χ1) is 9.41. The van der Waals surface area contributed by atoms with Crippen molar-refractivity contribution in [3.05, 3.63) is 46.4 Å². The normalized spacial score (nSPS) is 14.9. The summed E-state index contributed by atoms with van der Waals surface area (Å²) in [7, 11) is 0. The summed E-state index contributed by atoms with van der Waals surface area (Å²) in [4.78, 5) is 24.7. The molecule has 0 spiro atoms. The van der Waals surface area contributed by atoms with E-state index in [0.29, 0.717) is 0 Å². The lowest BCUT2D eigenvalue weighted by Gasteiger charge is -2.16. The zero-order valence-corrected chi connectivity index (χ0v) is 10.4. The van der Waals surface area contributed by atoms with E-state index in [2.05, 4.69) is 0 Å². The van der Waals surface area contributed by atoms with Crippen LogP contribution in [0.4, 0.5) is 0 Å². The minimum absolute atomic E-state index is 0.000565. The third-order valence-electron chi connectivity index (χ3n) is 3.24. The van der Waals surface area contributed by atoms with E-state index in [1.165, 1.54) is 6.92 Å². The van der Waals surface area contributed by atoms with Gasteiger partial charge in [-0.3, -0.25) is 9.59 Å². The fourth-order valence-corrected chi connectivity index (χ4v) is 2.38. The lowest BCUT2D eigenvalue weighted by atomic mass is 9.84. The Bertz CT molecular complexity index is 753. The maximum absolute atomic E-state index is 12.4. The van der Waals surface area contributed by atoms with Crippen LogP contribution in [0.2, 0.25) is 0 Å². The molecule has 0 fully saturated rings. The number of phenolic OH excluding ortho intramolecular Hbond substituents is 2. The number of aromatic hydroxyl groups is 2. The lowest BCUT2D eigenvalue weighted by molar-refractivity contribution is 0.0972. The van der Waals surface area contributed by atoms with Crippen molar-refractivity contribution < 1.29 is 29.3 Å². The molecule has 1 aromatic carbocycles. The molecule has 6 heteroatoms. The maximum Gasteiger partial charge on any atom is 0.201 e. The van der Waals surface area contributed by atoms with Crippen LogP contribution in [-0.4, -0.2) is 26.9 Å². The minimum atomic E-state index is -1.05. The number of ketones is 2. The number of aliphatic hydroxyl groups is 1. The second kappa shape index (κ2) is 3.94. The Labute approximate surface area is 112 Å². The molecule has 0 aliphatic heterocycles. The molecule has 0 saturated heterocycles. The maximum atomic E-state index is 12.4. The fourth-order valence-electron chi connectivity index (χ4n) is 2.38. The zero-order valence-electron chi connectivity index (χ0n) is 10.4. The van der Waals surface area contributed by atoms with Gasteiger partial charge >= 0.3 is 0 Å². The van der Waals surface area contributed by atoms with Crippen molar-refractivity contribution in [2.45, 2.75) is 13.0 Å². The topological polar surface area (TPSA) is 108 Å². The van der Waals surface area contributed by atoms with Crippen molar-refractivity contribution in [3.8, 4) is 11.5 Å². The highest BCUT2D eigenvalue weighted by Gasteiger charge is 2.37. The molecule has 1 atom stereocenters. The highest BCUT2D eigenvalue weighted by molar-refractivity contribution is 6.29. The molecule has 3 N–H and O–H groups in total. The van der Waals surface area contributed by atoms with E-state index in [0.717, 1.165) is 18.4 Å². The molecule has 6 nitrogen and oxygen atoms in total. The predicted molar refractivity (Wildman–Crippen MR) is 66.0 cm³/mol. The zero-order chi connectivity index (χ0) is 14.6. The van der Waals surface area contributed by atoms with Crippen LogP contribution in [0.3, 0.4) is 0 Å². The average Bonchev–Trinajstić information content (AvgIpc) is 2.80. The van der Waals surface area contributed by atoms with Crippen molar-refractivity contribution >= 4 is 11.6 Å². The van der Waals surface area contributed by atoms with E-state index in [4.69, 9.17) is 4.42 Å². The average molecular weight is 274 g/mol. The van der Waals surface area contributed by atoms with Gasteiger partial charge in [0.15, 0.2) is 5.78 Å². The Kier molecular flexibility index (Phi) is 2.45. The van der Waals surface area contributed by atoms with Crippen molar-refractivity contribution in [2.24, 2.45) is 0 Å². The van der Waals surface area contributed by atoms with Gasteiger partial charge in [0.05, 0.1) is 16.7 Å². The van der Waals surface area contributed by atoms with E-state index in [9.17, 15) is 24.9 Å². The molecule has 0 amide bonds. The summed E-state index contributed by atoms with van der Waals surface area (Å²) in [5, 5.41) is 28.8. The number of fused-ring (bicyclic) bond motifs is 2. The molecule has 1 aromatic heterocycles. The lowest BCUT2D eigenvalue weighted by Crippen LogP contribution is -2.21. The van der Waals surface area contributed by atoms with Gasteiger partial charge in [0.2, 0.25) is 5.78 Å². The van der Waals surface area contributed by atoms with Gasteiger partial charge in [-0.15, -0.1) is 0 Å². The molecule has 3 rings (SSSR count). The Balaban J connectivity index is 2.33. The van der Waals surface area contributed by atoms with Gasteiger partial charge in [-0.2, -0.15) is 0 Å². The molecule has 0 unspecified atom stereocenters. The van der Waals surface area contributed by atoms with E-state index >= 15 is 0 Å². The van der Waals surface area contributed by atoms with Crippen LogP contribution >= 0.6 is 0 Å². The molecular formula is C14H10O6. The molecule has 1 aliphatic carbocycles. The number of aliphatic hydroxyl groups excluding tert-OH is 1. The fraction of sp³-hybridized carbons (Fsp3) is 0.143. The second-order valence-electron chi connectivity index (χ2n) is 4.61. The van der Waals surface area contributed by atoms with E-state index in [-0.39, 0.29) is 33.8 Å². The van der Waals surface area contributed by atoms with Gasteiger partial charge in [-0.05, 0) is 13.0 Å². The van der Waals surface area contributed by atoms with Crippen molar-refractivity contribution in [1.82, 2.24) is 0 Å². The summed E-state index contributed by atoms with van der Waals surface area (Å²) in [5.41, 5.74) is -0.302. The van der Waals surface area contributed by atoms with Gasteiger partial charge in [-0.25, -0.2) is 0 Å². The van der Waals surface area contributed by atoms with Crippen molar-refractivity contribution in [3.63, 3.8) is 0 Å².